The van der Waals surface area contributed by atoms with Crippen LogP contribution in [0.1, 0.15) is 48.5 Å². The van der Waals surface area contributed by atoms with Crippen molar-refractivity contribution >= 4 is 24.0 Å². The lowest BCUT2D eigenvalue weighted by atomic mass is 10.1. The number of nitrogen functional groups attached to an aromatic ring is 1. The van der Waals surface area contributed by atoms with Crippen molar-refractivity contribution in [2.75, 3.05) is 12.3 Å². The van der Waals surface area contributed by atoms with Gasteiger partial charge in [0.05, 0.1) is 0 Å². The van der Waals surface area contributed by atoms with Crippen molar-refractivity contribution in [1.29, 1.82) is 0 Å². The molecule has 1 amide bonds. The first-order valence-electron chi connectivity index (χ1n) is 6.76. The molecule has 0 aliphatic carbocycles. The zero-order valence-corrected chi connectivity index (χ0v) is 12.5. The molecule has 1 heterocycles. The topological polar surface area (TPSA) is 46.3 Å². The van der Waals surface area contributed by atoms with Crippen LogP contribution in [-0.2, 0) is 0 Å². The third-order valence-electron chi connectivity index (χ3n) is 3.81. The molecule has 3 nitrogen and oxygen atoms in total. The fraction of sp³-hybridized carbons (Fsp3) is 0.533. The Kier molecular flexibility index (Phi) is 5.67. The summed E-state index contributed by atoms with van der Waals surface area (Å²) in [5, 5.41) is 0. The minimum absolute atomic E-state index is 0. The number of likely N-dealkylation sites (tertiary alicyclic amines) is 1. The van der Waals surface area contributed by atoms with Gasteiger partial charge < -0.3 is 10.6 Å². The lowest BCUT2D eigenvalue weighted by molar-refractivity contribution is 0.0697. The highest BCUT2D eigenvalue weighted by Gasteiger charge is 2.24. The van der Waals surface area contributed by atoms with Crippen molar-refractivity contribution < 1.29 is 4.79 Å². The molecule has 0 aromatic heterocycles. The Hall–Kier alpha value is -1.22. The van der Waals surface area contributed by atoms with Crippen LogP contribution in [0.5, 0.6) is 0 Å². The Labute approximate surface area is 121 Å². The van der Waals surface area contributed by atoms with Crippen molar-refractivity contribution in [3.63, 3.8) is 0 Å². The second-order valence-corrected chi connectivity index (χ2v) is 5.27. The molecule has 4 heteroatoms. The van der Waals surface area contributed by atoms with Gasteiger partial charge in [0.15, 0.2) is 0 Å². The first-order valence-corrected chi connectivity index (χ1v) is 6.76. The zero-order chi connectivity index (χ0) is 13.1. The number of nitrogens with two attached hydrogens (primary N) is 1. The summed E-state index contributed by atoms with van der Waals surface area (Å²) in [6, 6.07) is 5.90. The summed E-state index contributed by atoms with van der Waals surface area (Å²) >= 11 is 0. The molecule has 1 fully saturated rings. The van der Waals surface area contributed by atoms with Crippen LogP contribution in [0.3, 0.4) is 0 Å². The van der Waals surface area contributed by atoms with E-state index in [1.807, 2.05) is 24.0 Å². The molecule has 1 saturated heterocycles. The summed E-state index contributed by atoms with van der Waals surface area (Å²) < 4.78 is 0. The van der Waals surface area contributed by atoms with Gasteiger partial charge in [-0.2, -0.15) is 0 Å². The van der Waals surface area contributed by atoms with Gasteiger partial charge in [0.2, 0.25) is 0 Å². The highest BCUT2D eigenvalue weighted by Crippen LogP contribution is 2.21. The summed E-state index contributed by atoms with van der Waals surface area (Å²) in [7, 11) is 0. The Balaban J connectivity index is 0.00000180. The van der Waals surface area contributed by atoms with Gasteiger partial charge in [-0.15, -0.1) is 12.4 Å². The van der Waals surface area contributed by atoms with E-state index in [9.17, 15) is 4.79 Å². The summed E-state index contributed by atoms with van der Waals surface area (Å²) in [4.78, 5) is 14.6. The molecule has 1 aliphatic rings. The van der Waals surface area contributed by atoms with Crippen LogP contribution in [0.2, 0.25) is 0 Å². The Morgan fingerprint density at radius 1 is 1.32 bits per heavy atom. The Bertz CT molecular complexity index is 448. The summed E-state index contributed by atoms with van der Waals surface area (Å²) in [6.07, 6.45) is 4.66. The molecule has 19 heavy (non-hydrogen) atoms. The van der Waals surface area contributed by atoms with Crippen LogP contribution >= 0.6 is 12.4 Å². The second-order valence-electron chi connectivity index (χ2n) is 5.27. The van der Waals surface area contributed by atoms with Crippen molar-refractivity contribution in [2.24, 2.45) is 0 Å². The number of hydrogen-bond acceptors (Lipinski definition) is 2. The van der Waals surface area contributed by atoms with Crippen LogP contribution in [0.4, 0.5) is 5.69 Å². The molecule has 0 spiro atoms. The van der Waals surface area contributed by atoms with Gasteiger partial charge >= 0.3 is 0 Å². The monoisotopic (exact) mass is 282 g/mol. The summed E-state index contributed by atoms with van der Waals surface area (Å²) in [5.41, 5.74) is 8.21. The van der Waals surface area contributed by atoms with Crippen molar-refractivity contribution in [2.45, 2.75) is 45.6 Å². The van der Waals surface area contributed by atoms with E-state index in [0.717, 1.165) is 30.5 Å². The maximum Gasteiger partial charge on any atom is 0.254 e. The largest absolute Gasteiger partial charge is 0.399 e. The van der Waals surface area contributed by atoms with Gasteiger partial charge in [0.25, 0.3) is 5.91 Å². The van der Waals surface area contributed by atoms with Crippen LogP contribution in [0, 0.1) is 6.92 Å². The van der Waals surface area contributed by atoms with Crippen LogP contribution in [0.15, 0.2) is 18.2 Å². The molecule has 0 bridgehead atoms. The summed E-state index contributed by atoms with van der Waals surface area (Å²) in [5.74, 6) is 0.134. The number of aryl methyl sites for hydroxylation is 1. The highest BCUT2D eigenvalue weighted by molar-refractivity contribution is 5.96. The minimum Gasteiger partial charge on any atom is -0.399 e. The van der Waals surface area contributed by atoms with Gasteiger partial charge in [-0.25, -0.2) is 0 Å². The smallest absolute Gasteiger partial charge is 0.254 e. The number of hydrogen-bond donors (Lipinski definition) is 1. The van der Waals surface area contributed by atoms with Crippen molar-refractivity contribution in [3.05, 3.63) is 29.3 Å². The average Bonchev–Trinajstić information content (AvgIpc) is 2.56. The van der Waals surface area contributed by atoms with Crippen LogP contribution < -0.4 is 5.73 Å². The van der Waals surface area contributed by atoms with Gasteiger partial charge in [-0.3, -0.25) is 4.79 Å². The van der Waals surface area contributed by atoms with Crippen LogP contribution in [-0.4, -0.2) is 23.4 Å². The van der Waals surface area contributed by atoms with E-state index in [4.69, 9.17) is 5.73 Å². The molecule has 0 saturated carbocycles. The first-order chi connectivity index (χ1) is 8.59. The molecular weight excluding hydrogens is 260 g/mol. The van der Waals surface area contributed by atoms with Crippen molar-refractivity contribution in [1.82, 2.24) is 4.90 Å². The SMILES string of the molecule is Cc1ccc(N)cc1C(=O)N1CCCCCC1C.Cl. The summed E-state index contributed by atoms with van der Waals surface area (Å²) in [6.45, 7) is 4.98. The second kappa shape index (κ2) is 6.80. The number of rotatable bonds is 1. The van der Waals surface area contributed by atoms with E-state index in [1.54, 1.807) is 6.07 Å². The maximum absolute atomic E-state index is 12.6. The molecular formula is C15H23ClN2O. The molecule has 1 aromatic rings. The number of carbonyl (C=O) groups excluding carboxylic acids is 1. The number of halogens is 1. The zero-order valence-electron chi connectivity index (χ0n) is 11.7. The third kappa shape index (κ3) is 3.63. The number of anilines is 1. The van der Waals surface area contributed by atoms with Gasteiger partial charge in [0, 0.05) is 23.8 Å². The average molecular weight is 283 g/mol. The van der Waals surface area contributed by atoms with E-state index in [0.29, 0.717) is 11.7 Å². The molecule has 1 atom stereocenters. The lowest BCUT2D eigenvalue weighted by Gasteiger charge is -2.28. The fourth-order valence-electron chi connectivity index (χ4n) is 2.60. The third-order valence-corrected chi connectivity index (χ3v) is 3.81. The first kappa shape index (κ1) is 15.8. The van der Waals surface area contributed by atoms with Gasteiger partial charge in [-0.1, -0.05) is 18.9 Å². The van der Waals surface area contributed by atoms with E-state index in [1.165, 1.54) is 12.8 Å². The van der Waals surface area contributed by atoms with E-state index < -0.39 is 0 Å². The predicted molar refractivity (Wildman–Crippen MR) is 81.8 cm³/mol. The van der Waals surface area contributed by atoms with Gasteiger partial charge in [0.1, 0.15) is 0 Å². The van der Waals surface area contributed by atoms with Crippen LogP contribution in [0.25, 0.3) is 0 Å². The Morgan fingerprint density at radius 2 is 2.05 bits per heavy atom. The molecule has 2 N–H and O–H groups in total. The molecule has 1 aliphatic heterocycles. The van der Waals surface area contributed by atoms with E-state index in [2.05, 4.69) is 6.92 Å². The predicted octanol–water partition coefficient (Wildman–Crippen LogP) is 3.40. The Morgan fingerprint density at radius 3 is 2.79 bits per heavy atom. The molecule has 2 rings (SSSR count). The maximum atomic E-state index is 12.6. The minimum atomic E-state index is 0. The number of carbonyl (C=O) groups is 1. The van der Waals surface area contributed by atoms with E-state index in [-0.39, 0.29) is 18.3 Å². The fourth-order valence-corrected chi connectivity index (χ4v) is 2.60. The highest BCUT2D eigenvalue weighted by atomic mass is 35.5. The van der Waals surface area contributed by atoms with E-state index >= 15 is 0 Å². The molecule has 1 unspecified atom stereocenters. The van der Waals surface area contributed by atoms with Gasteiger partial charge in [-0.05, 0) is 44.4 Å². The van der Waals surface area contributed by atoms with Crippen molar-refractivity contribution in [3.8, 4) is 0 Å². The molecule has 1 aromatic carbocycles. The normalized spacial score (nSPS) is 19.5. The molecule has 106 valence electrons. The quantitative estimate of drug-likeness (QED) is 0.803. The lowest BCUT2D eigenvalue weighted by Crippen LogP contribution is -2.38. The number of nitrogens with zero attached hydrogens (tertiary/aromatic N) is 1. The molecule has 0 radical (unpaired) electrons. The standard InChI is InChI=1S/C15H22N2O.ClH/c1-11-7-8-13(16)10-14(11)15(18)17-9-5-3-4-6-12(17)2;/h7-8,10,12H,3-6,9,16H2,1-2H3;1H. The number of benzene rings is 1. The number of amides is 1.